The van der Waals surface area contributed by atoms with Gasteiger partial charge < -0.3 is 15.1 Å². The average molecular weight is 483 g/mol. The van der Waals surface area contributed by atoms with Gasteiger partial charge in [-0.2, -0.15) is 5.26 Å². The van der Waals surface area contributed by atoms with Gasteiger partial charge in [0, 0.05) is 37.9 Å². The quantitative estimate of drug-likeness (QED) is 0.571. The number of nitrogens with one attached hydrogen (secondary N) is 1. The van der Waals surface area contributed by atoms with Crippen molar-refractivity contribution in [3.63, 3.8) is 0 Å². The number of hydrogen-bond acceptors (Lipinski definition) is 6. The second kappa shape index (κ2) is 10.5. The molecule has 2 aliphatic rings. The van der Waals surface area contributed by atoms with E-state index in [-0.39, 0.29) is 11.9 Å². The lowest BCUT2D eigenvalue weighted by molar-refractivity contribution is -0.122. The summed E-state index contributed by atoms with van der Waals surface area (Å²) in [5, 5.41) is 13.2. The predicted molar refractivity (Wildman–Crippen MR) is 143 cm³/mol. The smallest absolute Gasteiger partial charge is 0.243 e. The molecule has 1 atom stereocenters. The molecule has 1 N–H and O–H groups in total. The lowest BCUT2D eigenvalue weighted by Gasteiger charge is -2.38. The summed E-state index contributed by atoms with van der Waals surface area (Å²) in [6.07, 6.45) is 5.39. The van der Waals surface area contributed by atoms with E-state index in [4.69, 9.17) is 9.97 Å². The molecule has 186 valence electrons. The summed E-state index contributed by atoms with van der Waals surface area (Å²) in [4.78, 5) is 27.7. The van der Waals surface area contributed by atoms with Crippen molar-refractivity contribution in [1.29, 1.82) is 5.26 Å². The Balaban J connectivity index is 1.43. The molecular weight excluding hydrogens is 448 g/mol. The van der Waals surface area contributed by atoms with Crippen LogP contribution in [0.2, 0.25) is 0 Å². The first kappa shape index (κ1) is 24.1. The first-order valence-electron chi connectivity index (χ1n) is 13.1. The van der Waals surface area contributed by atoms with Gasteiger partial charge in [0.1, 0.15) is 5.69 Å². The Kier molecular flexibility index (Phi) is 7.04. The van der Waals surface area contributed by atoms with E-state index < -0.39 is 5.92 Å². The summed E-state index contributed by atoms with van der Waals surface area (Å²) in [7, 11) is 0. The second-order valence-corrected chi connectivity index (χ2v) is 10.0. The zero-order valence-electron chi connectivity index (χ0n) is 21.2. The molecule has 2 aromatic carbocycles. The molecule has 3 aromatic rings. The van der Waals surface area contributed by atoms with Crippen LogP contribution >= 0.6 is 0 Å². The molecule has 36 heavy (non-hydrogen) atoms. The van der Waals surface area contributed by atoms with Crippen molar-refractivity contribution in [1.82, 2.24) is 15.3 Å². The minimum Gasteiger partial charge on any atom is -0.368 e. The van der Waals surface area contributed by atoms with E-state index in [1.54, 1.807) is 0 Å². The number of piperazine rings is 1. The number of aromatic nitrogens is 2. The molecule has 1 saturated carbocycles. The molecule has 7 nitrogen and oxygen atoms in total. The fourth-order valence-corrected chi connectivity index (χ4v) is 5.44. The molecule has 0 radical (unpaired) electrons. The molecule has 1 saturated heterocycles. The van der Waals surface area contributed by atoms with Crippen molar-refractivity contribution < 1.29 is 4.79 Å². The maximum atomic E-state index is 13.3. The molecule has 5 rings (SSSR count). The van der Waals surface area contributed by atoms with Crippen LogP contribution in [0.5, 0.6) is 0 Å². The molecule has 2 fully saturated rings. The number of hydrogen-bond donors (Lipinski definition) is 1. The van der Waals surface area contributed by atoms with Crippen molar-refractivity contribution in [2.24, 2.45) is 0 Å². The molecule has 0 unspecified atom stereocenters. The number of benzene rings is 2. The zero-order chi connectivity index (χ0) is 25.1. The van der Waals surface area contributed by atoms with Crippen LogP contribution < -0.4 is 15.1 Å². The van der Waals surface area contributed by atoms with E-state index in [0.717, 1.165) is 57.4 Å². The van der Waals surface area contributed by atoms with Crippen molar-refractivity contribution in [2.45, 2.75) is 57.9 Å². The summed E-state index contributed by atoms with van der Waals surface area (Å²) in [6, 6.07) is 16.5. The van der Waals surface area contributed by atoms with Gasteiger partial charge in [0.15, 0.2) is 11.7 Å². The van der Waals surface area contributed by atoms with Crippen LogP contribution in [0, 0.1) is 25.2 Å². The first-order chi connectivity index (χ1) is 17.5. The van der Waals surface area contributed by atoms with Gasteiger partial charge >= 0.3 is 0 Å². The van der Waals surface area contributed by atoms with Gasteiger partial charge in [-0.25, -0.2) is 9.97 Å². The number of rotatable bonds is 5. The predicted octanol–water partition coefficient (Wildman–Crippen LogP) is 4.63. The van der Waals surface area contributed by atoms with Crippen LogP contribution in [0.15, 0.2) is 42.5 Å². The summed E-state index contributed by atoms with van der Waals surface area (Å²) in [5.41, 5.74) is 5.80. The highest BCUT2D eigenvalue weighted by Gasteiger charge is 2.31. The van der Waals surface area contributed by atoms with Gasteiger partial charge in [-0.1, -0.05) is 43.5 Å². The minimum atomic E-state index is -0.990. The molecule has 1 aliphatic carbocycles. The van der Waals surface area contributed by atoms with Gasteiger partial charge in [-0.3, -0.25) is 4.79 Å². The average Bonchev–Trinajstić information content (AvgIpc) is 2.91. The Morgan fingerprint density at radius 2 is 1.61 bits per heavy atom. The molecule has 7 heteroatoms. The minimum absolute atomic E-state index is 0.139. The molecule has 0 spiro atoms. The number of nitriles is 1. The number of carbonyl (C=O) groups is 1. The normalized spacial score (nSPS) is 17.6. The van der Waals surface area contributed by atoms with Crippen LogP contribution in [0.25, 0.3) is 11.0 Å². The second-order valence-electron chi connectivity index (χ2n) is 10.0. The summed E-state index contributed by atoms with van der Waals surface area (Å²) in [6.45, 7) is 7.48. The van der Waals surface area contributed by atoms with Gasteiger partial charge in [-0.05, 0) is 56.0 Å². The van der Waals surface area contributed by atoms with Crippen LogP contribution in [0.3, 0.4) is 0 Å². The number of anilines is 2. The van der Waals surface area contributed by atoms with Gasteiger partial charge in [0.2, 0.25) is 5.91 Å². The highest BCUT2D eigenvalue weighted by atomic mass is 16.2. The molecule has 0 bridgehead atoms. The third-order valence-corrected chi connectivity index (χ3v) is 7.69. The Morgan fingerprint density at radius 1 is 0.944 bits per heavy atom. The van der Waals surface area contributed by atoms with Crippen molar-refractivity contribution >= 4 is 28.4 Å². The van der Waals surface area contributed by atoms with E-state index in [1.807, 2.05) is 24.3 Å². The number of fused-ring (bicyclic) bond motifs is 1. The van der Waals surface area contributed by atoms with Crippen LogP contribution in [-0.4, -0.2) is 48.1 Å². The first-order valence-corrected chi connectivity index (χ1v) is 13.1. The summed E-state index contributed by atoms with van der Waals surface area (Å²) in [5.74, 6) is -0.597. The fraction of sp³-hybridized carbons (Fsp3) is 0.448. The fourth-order valence-electron chi connectivity index (χ4n) is 5.44. The Bertz CT molecular complexity index is 1280. The Morgan fingerprint density at radius 3 is 2.31 bits per heavy atom. The van der Waals surface area contributed by atoms with Crippen molar-refractivity contribution in [3.8, 4) is 6.07 Å². The number of amides is 1. The van der Waals surface area contributed by atoms with Crippen LogP contribution in [0.4, 0.5) is 11.5 Å². The highest BCUT2D eigenvalue weighted by Crippen LogP contribution is 2.30. The number of nitrogens with zero attached hydrogens (tertiary/aromatic N) is 5. The number of para-hydroxylation sites is 2. The number of carbonyl (C=O) groups excluding carboxylic acids is 1. The maximum absolute atomic E-state index is 13.3. The molecule has 1 aromatic heterocycles. The summed E-state index contributed by atoms with van der Waals surface area (Å²) >= 11 is 0. The highest BCUT2D eigenvalue weighted by molar-refractivity contribution is 5.89. The molecular formula is C29H34N6O. The van der Waals surface area contributed by atoms with Gasteiger partial charge in [0.25, 0.3) is 0 Å². The third kappa shape index (κ3) is 4.86. The summed E-state index contributed by atoms with van der Waals surface area (Å²) < 4.78 is 0. The maximum Gasteiger partial charge on any atom is 0.243 e. The molecule has 1 aliphatic heterocycles. The number of aryl methyl sites for hydroxylation is 1. The Hall–Kier alpha value is -3.66. The zero-order valence-corrected chi connectivity index (χ0v) is 21.2. The van der Waals surface area contributed by atoms with Gasteiger partial charge in [-0.15, -0.1) is 0 Å². The lowest BCUT2D eigenvalue weighted by atomic mass is 9.94. The van der Waals surface area contributed by atoms with E-state index in [1.165, 1.54) is 23.2 Å². The topological polar surface area (TPSA) is 85.2 Å². The third-order valence-electron chi connectivity index (χ3n) is 7.69. The monoisotopic (exact) mass is 482 g/mol. The standard InChI is InChI=1S/C29H34N6O/c1-20-9-8-14-26(21(20)2)34-15-17-35(18-16-34)28-27(32-24-12-6-7-13-25(24)33-28)23(19-30)29(36)31-22-10-4-3-5-11-22/h6-9,12-14,22-23H,3-5,10-11,15-18H2,1-2H3,(H,31,36)/t23-/m0/s1. The largest absolute Gasteiger partial charge is 0.368 e. The van der Waals surface area contributed by atoms with Crippen molar-refractivity contribution in [3.05, 3.63) is 59.3 Å². The van der Waals surface area contributed by atoms with Crippen LogP contribution in [0.1, 0.15) is 54.8 Å². The van der Waals surface area contributed by atoms with Crippen LogP contribution in [-0.2, 0) is 4.79 Å². The SMILES string of the molecule is Cc1cccc(N2CCN(c3nc4ccccc4nc3[C@H](C#N)C(=O)NC3CCCCC3)CC2)c1C. The Labute approximate surface area is 213 Å². The molecule has 2 heterocycles. The van der Waals surface area contributed by atoms with E-state index in [9.17, 15) is 10.1 Å². The van der Waals surface area contributed by atoms with E-state index >= 15 is 0 Å². The van der Waals surface area contributed by atoms with Crippen molar-refractivity contribution in [2.75, 3.05) is 36.0 Å². The van der Waals surface area contributed by atoms with E-state index in [2.05, 4.69) is 53.2 Å². The lowest BCUT2D eigenvalue weighted by Crippen LogP contribution is -2.48. The van der Waals surface area contributed by atoms with E-state index in [0.29, 0.717) is 17.0 Å². The molecule has 1 amide bonds. The van der Waals surface area contributed by atoms with Gasteiger partial charge in [0.05, 0.1) is 17.1 Å².